The van der Waals surface area contributed by atoms with Crippen LogP contribution >= 0.6 is 11.6 Å². The molecular weight excluding hydrogens is 308 g/mol. The van der Waals surface area contributed by atoms with Crippen LogP contribution < -0.4 is 20.1 Å². The molecule has 0 radical (unpaired) electrons. The lowest BCUT2D eigenvalue weighted by atomic mass is 10.1. The van der Waals surface area contributed by atoms with E-state index >= 15 is 0 Å². The molecule has 1 aromatic carbocycles. The van der Waals surface area contributed by atoms with Gasteiger partial charge in [-0.15, -0.1) is 0 Å². The third-order valence-corrected chi connectivity index (χ3v) is 3.20. The summed E-state index contributed by atoms with van der Waals surface area (Å²) in [5.41, 5.74) is 0.705. The zero-order valence-corrected chi connectivity index (χ0v) is 13.3. The normalized spacial score (nSPS) is 12.9. The summed E-state index contributed by atoms with van der Waals surface area (Å²) >= 11 is 6.11. The SMILES string of the molecule is CC(C)NC(=O)CNC(=O)Cc1cc(Cl)c2c(c1)OCCO2. The number of hydrogen-bond donors (Lipinski definition) is 2. The number of fused-ring (bicyclic) bond motifs is 1. The van der Waals surface area contributed by atoms with Gasteiger partial charge in [0.2, 0.25) is 11.8 Å². The minimum Gasteiger partial charge on any atom is -0.486 e. The second kappa shape index (κ2) is 7.35. The van der Waals surface area contributed by atoms with Crippen LogP contribution in [0.2, 0.25) is 5.02 Å². The highest BCUT2D eigenvalue weighted by atomic mass is 35.5. The van der Waals surface area contributed by atoms with Gasteiger partial charge in [0.1, 0.15) is 13.2 Å². The molecule has 0 saturated carbocycles. The lowest BCUT2D eigenvalue weighted by Gasteiger charge is -2.20. The Morgan fingerprint density at radius 1 is 1.23 bits per heavy atom. The fraction of sp³-hybridized carbons (Fsp3) is 0.467. The van der Waals surface area contributed by atoms with Gasteiger partial charge < -0.3 is 20.1 Å². The number of carbonyl (C=O) groups is 2. The molecule has 1 heterocycles. The molecule has 7 heteroatoms. The number of rotatable bonds is 5. The number of halogens is 1. The lowest BCUT2D eigenvalue weighted by molar-refractivity contribution is -0.126. The number of nitrogens with one attached hydrogen (secondary N) is 2. The van der Waals surface area contributed by atoms with Crippen LogP contribution in [0, 0.1) is 0 Å². The van der Waals surface area contributed by atoms with Gasteiger partial charge >= 0.3 is 0 Å². The van der Waals surface area contributed by atoms with Crippen molar-refractivity contribution in [3.63, 3.8) is 0 Å². The summed E-state index contributed by atoms with van der Waals surface area (Å²) < 4.78 is 10.9. The monoisotopic (exact) mass is 326 g/mol. The largest absolute Gasteiger partial charge is 0.486 e. The topological polar surface area (TPSA) is 76.7 Å². The van der Waals surface area contributed by atoms with E-state index in [-0.39, 0.29) is 30.8 Å². The molecule has 0 atom stereocenters. The van der Waals surface area contributed by atoms with Gasteiger partial charge in [0.05, 0.1) is 18.0 Å². The first-order valence-electron chi connectivity index (χ1n) is 7.10. The molecule has 0 spiro atoms. The van der Waals surface area contributed by atoms with Gasteiger partial charge in [-0.3, -0.25) is 9.59 Å². The Bertz CT molecular complexity index is 575. The van der Waals surface area contributed by atoms with Crippen molar-refractivity contribution in [3.8, 4) is 11.5 Å². The van der Waals surface area contributed by atoms with E-state index in [0.717, 1.165) is 0 Å². The Hall–Kier alpha value is -1.95. The molecule has 0 saturated heterocycles. The molecule has 0 fully saturated rings. The zero-order valence-electron chi connectivity index (χ0n) is 12.6. The van der Waals surface area contributed by atoms with E-state index in [4.69, 9.17) is 21.1 Å². The minimum atomic E-state index is -0.258. The molecule has 0 bridgehead atoms. The van der Waals surface area contributed by atoms with Gasteiger partial charge in [0.25, 0.3) is 0 Å². The average Bonchev–Trinajstić information content (AvgIpc) is 2.44. The summed E-state index contributed by atoms with van der Waals surface area (Å²) in [4.78, 5) is 23.3. The second-order valence-corrected chi connectivity index (χ2v) is 5.68. The summed E-state index contributed by atoms with van der Waals surface area (Å²) in [6.45, 7) is 4.58. The van der Waals surface area contributed by atoms with Crippen molar-refractivity contribution in [2.75, 3.05) is 19.8 Å². The highest BCUT2D eigenvalue weighted by Crippen LogP contribution is 2.38. The van der Waals surface area contributed by atoms with Crippen LogP contribution in [-0.2, 0) is 16.0 Å². The zero-order chi connectivity index (χ0) is 16.1. The van der Waals surface area contributed by atoms with Crippen molar-refractivity contribution in [2.24, 2.45) is 0 Å². The second-order valence-electron chi connectivity index (χ2n) is 5.28. The maximum absolute atomic E-state index is 11.9. The maximum atomic E-state index is 11.9. The van der Waals surface area contributed by atoms with Crippen molar-refractivity contribution in [2.45, 2.75) is 26.3 Å². The van der Waals surface area contributed by atoms with Gasteiger partial charge in [-0.1, -0.05) is 11.6 Å². The summed E-state index contributed by atoms with van der Waals surface area (Å²) in [6.07, 6.45) is 0.116. The maximum Gasteiger partial charge on any atom is 0.239 e. The van der Waals surface area contributed by atoms with Crippen molar-refractivity contribution in [1.82, 2.24) is 10.6 Å². The Kier molecular flexibility index (Phi) is 5.49. The van der Waals surface area contributed by atoms with Crippen LogP contribution in [0.25, 0.3) is 0 Å². The first-order valence-corrected chi connectivity index (χ1v) is 7.47. The van der Waals surface area contributed by atoms with Crippen LogP contribution in [0.3, 0.4) is 0 Å². The molecule has 1 aliphatic heterocycles. The molecule has 6 nitrogen and oxygen atoms in total. The summed E-state index contributed by atoms with van der Waals surface area (Å²) in [6, 6.07) is 3.44. The highest BCUT2D eigenvalue weighted by Gasteiger charge is 2.17. The van der Waals surface area contributed by atoms with Gasteiger partial charge in [-0.05, 0) is 31.5 Å². The Balaban J connectivity index is 1.92. The molecule has 2 rings (SSSR count). The summed E-state index contributed by atoms with van der Waals surface area (Å²) in [7, 11) is 0. The van der Waals surface area contributed by atoms with E-state index < -0.39 is 0 Å². The predicted molar refractivity (Wildman–Crippen MR) is 82.4 cm³/mol. The smallest absolute Gasteiger partial charge is 0.239 e. The molecule has 22 heavy (non-hydrogen) atoms. The van der Waals surface area contributed by atoms with Crippen LogP contribution in [0.15, 0.2) is 12.1 Å². The number of ether oxygens (including phenoxy) is 2. The lowest BCUT2D eigenvalue weighted by Crippen LogP contribution is -2.40. The standard InChI is InChI=1S/C15H19ClN2O4/c1-9(2)18-14(20)8-17-13(19)7-10-5-11(16)15-12(6-10)21-3-4-22-15/h5-6,9H,3-4,7-8H2,1-2H3,(H,17,19)(H,18,20). The van der Waals surface area contributed by atoms with E-state index in [2.05, 4.69) is 10.6 Å². The van der Waals surface area contributed by atoms with Gasteiger partial charge in [-0.25, -0.2) is 0 Å². The predicted octanol–water partition coefficient (Wildman–Crippen LogP) is 1.29. The van der Waals surface area contributed by atoms with Gasteiger partial charge in [-0.2, -0.15) is 0 Å². The number of benzene rings is 1. The first-order chi connectivity index (χ1) is 10.5. The molecular formula is C15H19ClN2O4. The highest BCUT2D eigenvalue weighted by molar-refractivity contribution is 6.32. The third kappa shape index (κ3) is 4.53. The fourth-order valence-electron chi connectivity index (χ4n) is 2.07. The Labute approximate surface area is 134 Å². The van der Waals surface area contributed by atoms with E-state index in [1.807, 2.05) is 13.8 Å². The van der Waals surface area contributed by atoms with Crippen LogP contribution in [0.4, 0.5) is 0 Å². The molecule has 2 N–H and O–H groups in total. The first kappa shape index (κ1) is 16.4. The van der Waals surface area contributed by atoms with Crippen LogP contribution in [0.1, 0.15) is 19.4 Å². The van der Waals surface area contributed by atoms with Crippen molar-refractivity contribution < 1.29 is 19.1 Å². The third-order valence-electron chi connectivity index (χ3n) is 2.92. The summed E-state index contributed by atoms with van der Waals surface area (Å²) in [5.74, 6) is 0.572. The minimum absolute atomic E-state index is 0.0426. The van der Waals surface area contributed by atoms with Gasteiger partial charge in [0, 0.05) is 6.04 Å². The number of carbonyl (C=O) groups excluding carboxylic acids is 2. The van der Waals surface area contributed by atoms with E-state index in [1.165, 1.54) is 0 Å². The number of hydrogen-bond acceptors (Lipinski definition) is 4. The summed E-state index contributed by atoms with van der Waals surface area (Å²) in [5, 5.41) is 5.68. The van der Waals surface area contributed by atoms with Gasteiger partial charge in [0.15, 0.2) is 11.5 Å². The molecule has 2 amide bonds. The van der Waals surface area contributed by atoms with E-state index in [1.54, 1.807) is 12.1 Å². The van der Waals surface area contributed by atoms with Crippen molar-refractivity contribution in [1.29, 1.82) is 0 Å². The quantitative estimate of drug-likeness (QED) is 0.855. The molecule has 1 aliphatic rings. The fourth-order valence-corrected chi connectivity index (χ4v) is 2.35. The molecule has 0 aromatic heterocycles. The number of amides is 2. The Morgan fingerprint density at radius 3 is 2.68 bits per heavy atom. The van der Waals surface area contributed by atoms with Crippen LogP contribution in [0.5, 0.6) is 11.5 Å². The average molecular weight is 327 g/mol. The molecule has 0 aliphatic carbocycles. The molecule has 0 unspecified atom stereocenters. The Morgan fingerprint density at radius 2 is 1.95 bits per heavy atom. The molecule has 120 valence electrons. The van der Waals surface area contributed by atoms with E-state index in [9.17, 15) is 9.59 Å². The molecule has 1 aromatic rings. The van der Waals surface area contributed by atoms with Crippen molar-refractivity contribution in [3.05, 3.63) is 22.7 Å². The van der Waals surface area contributed by atoms with Crippen molar-refractivity contribution >= 4 is 23.4 Å². The van der Waals surface area contributed by atoms with Crippen LogP contribution in [-0.4, -0.2) is 37.6 Å². The van der Waals surface area contributed by atoms with E-state index in [0.29, 0.717) is 35.3 Å².